The van der Waals surface area contributed by atoms with Crippen LogP contribution in [0.5, 0.6) is 0 Å². The molecule has 4 rings (SSSR count). The minimum Gasteiger partial charge on any atom is -0.469 e. The fourth-order valence-electron chi connectivity index (χ4n) is 4.00. The molecule has 2 unspecified atom stereocenters. The molecular formula is C22H19ClN2O5. The van der Waals surface area contributed by atoms with Crippen molar-refractivity contribution in [2.24, 2.45) is 0 Å². The van der Waals surface area contributed by atoms with E-state index in [1.807, 2.05) is 30.3 Å². The van der Waals surface area contributed by atoms with Crippen molar-refractivity contribution >= 4 is 34.4 Å². The largest absolute Gasteiger partial charge is 0.469 e. The number of nitrogens with zero attached hydrogens (tertiary/aromatic N) is 2. The van der Waals surface area contributed by atoms with Crippen molar-refractivity contribution in [3.05, 3.63) is 62.9 Å². The van der Waals surface area contributed by atoms with Gasteiger partial charge in [0.2, 0.25) is 0 Å². The lowest BCUT2D eigenvalue weighted by Crippen LogP contribution is -2.30. The van der Waals surface area contributed by atoms with Crippen LogP contribution in [0.15, 0.2) is 41.2 Å². The first kappa shape index (κ1) is 20.1. The van der Waals surface area contributed by atoms with Crippen LogP contribution in [0.2, 0.25) is 5.02 Å². The highest BCUT2D eigenvalue weighted by molar-refractivity contribution is 6.31. The molecule has 0 aliphatic carbocycles. The Bertz CT molecular complexity index is 1250. The van der Waals surface area contributed by atoms with Gasteiger partial charge in [-0.2, -0.15) is 0 Å². The third-order valence-electron chi connectivity index (χ3n) is 5.45. The molecule has 3 heterocycles. The number of esters is 2. The summed E-state index contributed by atoms with van der Waals surface area (Å²) in [4.78, 5) is 42.9. The summed E-state index contributed by atoms with van der Waals surface area (Å²) in [5.41, 5.74) is 1.95. The molecule has 30 heavy (non-hydrogen) atoms. The Kier molecular flexibility index (Phi) is 5.07. The molecule has 0 saturated carbocycles. The van der Waals surface area contributed by atoms with E-state index in [1.165, 1.54) is 18.8 Å². The highest BCUT2D eigenvalue weighted by Crippen LogP contribution is 2.41. The highest BCUT2D eigenvalue weighted by atomic mass is 35.5. The molecule has 0 saturated heterocycles. The van der Waals surface area contributed by atoms with Crippen LogP contribution in [0.1, 0.15) is 36.4 Å². The summed E-state index contributed by atoms with van der Waals surface area (Å²) in [6.07, 6.45) is 0.397. The maximum absolute atomic E-state index is 13.2. The van der Waals surface area contributed by atoms with Crippen LogP contribution in [0, 0.1) is 0 Å². The van der Waals surface area contributed by atoms with Crippen LogP contribution in [0.4, 0.5) is 0 Å². The number of rotatable bonds is 4. The molecular weight excluding hydrogens is 408 g/mol. The lowest BCUT2D eigenvalue weighted by Gasteiger charge is -2.18. The van der Waals surface area contributed by atoms with Crippen LogP contribution in [0.3, 0.4) is 0 Å². The van der Waals surface area contributed by atoms with E-state index in [0.29, 0.717) is 28.9 Å². The van der Waals surface area contributed by atoms with Gasteiger partial charge < -0.3 is 9.47 Å². The fourth-order valence-corrected chi connectivity index (χ4v) is 4.27. The average molecular weight is 427 g/mol. The Morgan fingerprint density at radius 1 is 1.20 bits per heavy atom. The molecule has 0 radical (unpaired) electrons. The van der Waals surface area contributed by atoms with Gasteiger partial charge in [-0.25, -0.2) is 9.78 Å². The number of benzene rings is 1. The summed E-state index contributed by atoms with van der Waals surface area (Å²) in [6, 6.07) is 9.94. The number of hydrogen-bond acceptors (Lipinski definition) is 6. The van der Waals surface area contributed by atoms with Crippen molar-refractivity contribution in [3.8, 4) is 11.4 Å². The van der Waals surface area contributed by atoms with Crippen LogP contribution >= 0.6 is 11.6 Å². The van der Waals surface area contributed by atoms with Crippen LogP contribution in [-0.2, 0) is 19.1 Å². The molecule has 0 amide bonds. The molecule has 0 fully saturated rings. The monoisotopic (exact) mass is 426 g/mol. The maximum Gasteiger partial charge on any atom is 0.333 e. The van der Waals surface area contributed by atoms with Crippen LogP contribution < -0.4 is 5.56 Å². The molecule has 7 nitrogen and oxygen atoms in total. The Labute approximate surface area is 177 Å². The van der Waals surface area contributed by atoms with Crippen molar-refractivity contribution < 1.29 is 19.1 Å². The first-order chi connectivity index (χ1) is 14.4. The van der Waals surface area contributed by atoms with E-state index in [9.17, 15) is 14.4 Å². The summed E-state index contributed by atoms with van der Waals surface area (Å²) in [7, 11) is 2.55. The zero-order valence-corrected chi connectivity index (χ0v) is 17.4. The predicted molar refractivity (Wildman–Crippen MR) is 112 cm³/mol. The van der Waals surface area contributed by atoms with E-state index in [1.54, 1.807) is 13.0 Å². The van der Waals surface area contributed by atoms with Gasteiger partial charge in [-0.15, -0.1) is 0 Å². The van der Waals surface area contributed by atoms with E-state index >= 15 is 0 Å². The number of halogens is 1. The van der Waals surface area contributed by atoms with Gasteiger partial charge in [0.05, 0.1) is 37.0 Å². The summed E-state index contributed by atoms with van der Waals surface area (Å²) in [5, 5.41) is 0.709. The van der Waals surface area contributed by atoms with Crippen molar-refractivity contribution in [3.63, 3.8) is 0 Å². The van der Waals surface area contributed by atoms with E-state index in [-0.39, 0.29) is 5.02 Å². The molecule has 2 aromatic heterocycles. The number of aromatic nitrogens is 2. The topological polar surface area (TPSA) is 87.5 Å². The van der Waals surface area contributed by atoms with Crippen molar-refractivity contribution in [1.29, 1.82) is 0 Å². The van der Waals surface area contributed by atoms with E-state index in [2.05, 4.69) is 0 Å². The quantitative estimate of drug-likeness (QED) is 0.594. The Hall–Kier alpha value is -3.19. The second-order valence-corrected chi connectivity index (χ2v) is 7.38. The lowest BCUT2D eigenvalue weighted by atomic mass is 9.96. The van der Waals surface area contributed by atoms with Gasteiger partial charge in [-0.3, -0.25) is 14.2 Å². The summed E-state index contributed by atoms with van der Waals surface area (Å²) in [5.74, 6) is -1.79. The van der Waals surface area contributed by atoms with Gasteiger partial charge in [0.15, 0.2) is 6.04 Å². The van der Waals surface area contributed by atoms with E-state index in [0.717, 1.165) is 10.9 Å². The molecule has 0 spiro atoms. The minimum atomic E-state index is -1.01. The fraction of sp³-hybridized carbons (Fsp3) is 0.273. The van der Waals surface area contributed by atoms with Crippen LogP contribution in [0.25, 0.3) is 22.3 Å². The molecule has 0 bridgehead atoms. The SMILES string of the molecule is CCC(C(=O)OC)c1cc2n(c(=O)c1Cl)C(C(=O)OC)c1cc3ccccc3nc1-2. The molecule has 1 aliphatic rings. The first-order valence-corrected chi connectivity index (χ1v) is 9.81. The smallest absolute Gasteiger partial charge is 0.333 e. The van der Waals surface area contributed by atoms with Gasteiger partial charge in [-0.1, -0.05) is 36.7 Å². The van der Waals surface area contributed by atoms with Crippen LogP contribution in [-0.4, -0.2) is 35.7 Å². The normalized spacial score (nSPS) is 15.4. The van der Waals surface area contributed by atoms with E-state index < -0.39 is 29.5 Å². The van der Waals surface area contributed by atoms with Crippen molar-refractivity contribution in [2.75, 3.05) is 14.2 Å². The number of methoxy groups -OCH3 is 2. The number of carbonyl (C=O) groups excluding carboxylic acids is 2. The third kappa shape index (κ3) is 2.89. The Balaban J connectivity index is 2.06. The van der Waals surface area contributed by atoms with Gasteiger partial charge >= 0.3 is 11.9 Å². The predicted octanol–water partition coefficient (Wildman–Crippen LogP) is 3.46. The molecule has 1 aromatic carbocycles. The van der Waals surface area contributed by atoms with Gasteiger partial charge in [0.1, 0.15) is 5.02 Å². The van der Waals surface area contributed by atoms with E-state index in [4.69, 9.17) is 26.1 Å². The number of carbonyl (C=O) groups is 2. The molecule has 154 valence electrons. The molecule has 2 atom stereocenters. The Morgan fingerprint density at radius 2 is 1.93 bits per heavy atom. The summed E-state index contributed by atoms with van der Waals surface area (Å²) in [6.45, 7) is 1.81. The Morgan fingerprint density at radius 3 is 2.60 bits per heavy atom. The van der Waals surface area contributed by atoms with Crippen molar-refractivity contribution in [2.45, 2.75) is 25.3 Å². The summed E-state index contributed by atoms with van der Waals surface area (Å²) >= 11 is 6.40. The lowest BCUT2D eigenvalue weighted by molar-refractivity contribution is -0.143. The summed E-state index contributed by atoms with van der Waals surface area (Å²) < 4.78 is 11.1. The number of hydrogen-bond donors (Lipinski definition) is 0. The number of fused-ring (bicyclic) bond motifs is 4. The third-order valence-corrected chi connectivity index (χ3v) is 5.83. The minimum absolute atomic E-state index is 0.123. The molecule has 1 aliphatic heterocycles. The number of pyridine rings is 2. The molecule has 3 aromatic rings. The number of para-hydroxylation sites is 1. The second kappa shape index (κ2) is 7.57. The standard InChI is InChI=1S/C22H19ClN2O5/c1-4-12(21(27)29-2)13-10-16-18-14(9-11-7-5-6-8-15(11)24-18)19(22(28)30-3)25(16)20(26)17(13)23/h5-10,12,19H,4H2,1-3H3. The molecule has 8 heteroatoms. The molecule has 0 N–H and O–H groups in total. The van der Waals surface area contributed by atoms with Crippen molar-refractivity contribution in [1.82, 2.24) is 9.55 Å². The maximum atomic E-state index is 13.2. The second-order valence-electron chi connectivity index (χ2n) is 7.00. The zero-order chi connectivity index (χ0) is 21.6. The zero-order valence-electron chi connectivity index (χ0n) is 16.6. The highest BCUT2D eigenvalue weighted by Gasteiger charge is 2.39. The van der Waals surface area contributed by atoms with Gasteiger partial charge in [0.25, 0.3) is 5.56 Å². The first-order valence-electron chi connectivity index (χ1n) is 9.43. The van der Waals surface area contributed by atoms with Gasteiger partial charge in [-0.05, 0) is 30.2 Å². The number of ether oxygens (including phenoxy) is 2. The average Bonchev–Trinajstić information content (AvgIpc) is 3.08. The van der Waals surface area contributed by atoms with Gasteiger partial charge in [0, 0.05) is 10.9 Å².